The number of hydrogen-bond acceptors (Lipinski definition) is 6. The van der Waals surface area contributed by atoms with E-state index in [1.165, 1.54) is 23.2 Å². The van der Waals surface area contributed by atoms with Crippen LogP contribution >= 0.6 is 28.1 Å². The molecule has 0 aliphatic carbocycles. The van der Waals surface area contributed by atoms with E-state index in [2.05, 4.69) is 15.9 Å². The number of aromatic hydroxyl groups is 1. The highest BCUT2D eigenvalue weighted by Crippen LogP contribution is 2.42. The first-order valence-corrected chi connectivity index (χ1v) is 13.4. The molecule has 0 saturated heterocycles. The summed E-state index contributed by atoms with van der Waals surface area (Å²) in [5.74, 6) is 0.430. The van der Waals surface area contributed by atoms with Crippen molar-refractivity contribution in [1.29, 1.82) is 0 Å². The van der Waals surface area contributed by atoms with Crippen LogP contribution in [0.4, 0.5) is 0 Å². The van der Waals surface area contributed by atoms with Gasteiger partial charge in [0, 0.05) is 17.9 Å². The van der Waals surface area contributed by atoms with Crippen molar-refractivity contribution in [3.05, 3.63) is 103 Å². The Hall–Kier alpha value is -3.89. The predicted molar refractivity (Wildman–Crippen MR) is 154 cm³/mol. The van der Waals surface area contributed by atoms with Crippen LogP contribution in [0, 0.1) is 4.77 Å². The van der Waals surface area contributed by atoms with Crippen molar-refractivity contribution in [3.63, 3.8) is 0 Å². The second kappa shape index (κ2) is 10.7. The van der Waals surface area contributed by atoms with Crippen LogP contribution in [0.3, 0.4) is 0 Å². The highest BCUT2D eigenvalue weighted by Gasteiger charge is 2.37. The zero-order valence-electron chi connectivity index (χ0n) is 21.6. The monoisotopic (exact) mass is 607 g/mol. The SMILES string of the molecule is COc1cc2c(cc1OC)[C@@H](c1c(O)n(-c3ccc(Br)cc3)c(=S)n(-c3ccccc3)c1=O)N(C(C)=O)CC2. The number of ether oxygens (including phenoxy) is 2. The highest BCUT2D eigenvalue weighted by molar-refractivity contribution is 9.10. The van der Waals surface area contributed by atoms with E-state index < -0.39 is 11.6 Å². The first-order valence-electron chi connectivity index (χ1n) is 12.2. The van der Waals surface area contributed by atoms with E-state index in [0.717, 1.165) is 10.0 Å². The number of hydrogen-bond donors (Lipinski definition) is 1. The second-order valence-electron chi connectivity index (χ2n) is 9.08. The van der Waals surface area contributed by atoms with Gasteiger partial charge in [-0.15, -0.1) is 0 Å². The van der Waals surface area contributed by atoms with Gasteiger partial charge in [-0.05, 0) is 78.3 Å². The van der Waals surface area contributed by atoms with Crippen molar-refractivity contribution in [1.82, 2.24) is 14.0 Å². The minimum atomic E-state index is -0.897. The van der Waals surface area contributed by atoms with Gasteiger partial charge >= 0.3 is 0 Å². The molecule has 1 N–H and O–H groups in total. The molecule has 10 heteroatoms. The Bertz CT molecular complexity index is 1680. The molecule has 2 heterocycles. The number of rotatable bonds is 5. The van der Waals surface area contributed by atoms with Crippen LogP contribution in [0.5, 0.6) is 17.4 Å². The van der Waals surface area contributed by atoms with E-state index in [-0.39, 0.29) is 22.1 Å². The largest absolute Gasteiger partial charge is 0.494 e. The van der Waals surface area contributed by atoms with Gasteiger partial charge in [0.05, 0.1) is 31.6 Å². The minimum Gasteiger partial charge on any atom is -0.494 e. The number of halogens is 1. The van der Waals surface area contributed by atoms with Gasteiger partial charge < -0.3 is 19.5 Å². The summed E-state index contributed by atoms with van der Waals surface area (Å²) in [6.45, 7) is 1.80. The number of para-hydroxylation sites is 1. The topological polar surface area (TPSA) is 85.9 Å². The Kier molecular flexibility index (Phi) is 7.33. The van der Waals surface area contributed by atoms with Crippen molar-refractivity contribution in [2.45, 2.75) is 19.4 Å². The molecular formula is C29H26BrN3O5S. The molecule has 0 fully saturated rings. The molecule has 0 unspecified atom stereocenters. The number of carbonyl (C=O) groups is 1. The summed E-state index contributed by atoms with van der Waals surface area (Å²) in [4.78, 5) is 28.9. The summed E-state index contributed by atoms with van der Waals surface area (Å²) in [6, 6.07) is 19.0. The summed E-state index contributed by atoms with van der Waals surface area (Å²) in [5, 5.41) is 11.8. The van der Waals surface area contributed by atoms with Gasteiger partial charge in [0.25, 0.3) is 5.56 Å². The Labute approximate surface area is 238 Å². The molecule has 8 nitrogen and oxygen atoms in total. The zero-order valence-corrected chi connectivity index (χ0v) is 24.0. The lowest BCUT2D eigenvalue weighted by Gasteiger charge is -2.37. The number of methoxy groups -OCH3 is 2. The number of fused-ring (bicyclic) bond motifs is 1. The maximum absolute atomic E-state index is 14.3. The quantitative estimate of drug-likeness (QED) is 0.308. The molecular weight excluding hydrogens is 582 g/mol. The highest BCUT2D eigenvalue weighted by atomic mass is 79.9. The Balaban J connectivity index is 1.90. The van der Waals surface area contributed by atoms with Crippen molar-refractivity contribution in [2.24, 2.45) is 0 Å². The maximum Gasteiger partial charge on any atom is 0.268 e. The molecule has 39 heavy (non-hydrogen) atoms. The van der Waals surface area contributed by atoms with Crippen LogP contribution in [0.1, 0.15) is 29.7 Å². The molecule has 0 spiro atoms. The molecule has 3 aromatic carbocycles. The normalized spacial score (nSPS) is 14.6. The third-order valence-electron chi connectivity index (χ3n) is 6.92. The molecule has 1 aliphatic heterocycles. The van der Waals surface area contributed by atoms with Crippen LogP contribution in [0.25, 0.3) is 11.4 Å². The van der Waals surface area contributed by atoms with Crippen LogP contribution in [-0.4, -0.2) is 45.8 Å². The number of nitrogens with zero attached hydrogens (tertiary/aromatic N) is 3. The summed E-state index contributed by atoms with van der Waals surface area (Å²) >= 11 is 9.24. The number of carbonyl (C=O) groups excluding carboxylic acids is 1. The molecule has 200 valence electrons. The number of amides is 1. The molecule has 0 bridgehead atoms. The van der Waals surface area contributed by atoms with Crippen LogP contribution < -0.4 is 15.0 Å². The standard InChI is InChI=1S/C29H26BrN3O5S/c1-17(34)31-14-13-18-15-23(37-2)24(38-3)16-22(18)26(31)25-27(35)32(20-7-5-4-6-8-20)29(39)33(28(25)36)21-11-9-19(30)10-12-21/h4-12,15-16,26,36H,13-14H2,1-3H3/t26-/m0/s1. The summed E-state index contributed by atoms with van der Waals surface area (Å²) in [6.07, 6.45) is 0.547. The lowest BCUT2D eigenvalue weighted by molar-refractivity contribution is -0.130. The first-order chi connectivity index (χ1) is 18.8. The molecule has 1 aromatic heterocycles. The molecule has 5 rings (SSSR count). The summed E-state index contributed by atoms with van der Waals surface area (Å²) < 4.78 is 14.8. The molecule has 0 saturated carbocycles. The molecule has 0 radical (unpaired) electrons. The predicted octanol–water partition coefficient (Wildman–Crippen LogP) is 5.34. The maximum atomic E-state index is 14.3. The zero-order chi connectivity index (χ0) is 27.8. The molecule has 1 atom stereocenters. The fourth-order valence-electron chi connectivity index (χ4n) is 5.08. The minimum absolute atomic E-state index is 0.0266. The van der Waals surface area contributed by atoms with Gasteiger partial charge in [0.1, 0.15) is 5.56 Å². The smallest absolute Gasteiger partial charge is 0.268 e. The van der Waals surface area contributed by atoms with E-state index in [9.17, 15) is 14.7 Å². The van der Waals surface area contributed by atoms with E-state index in [0.29, 0.717) is 41.4 Å². The van der Waals surface area contributed by atoms with E-state index in [1.807, 2.05) is 36.4 Å². The Morgan fingerprint density at radius 1 is 0.974 bits per heavy atom. The third kappa shape index (κ3) is 4.63. The van der Waals surface area contributed by atoms with Gasteiger partial charge in [-0.25, -0.2) is 0 Å². The third-order valence-corrected chi connectivity index (χ3v) is 7.81. The fourth-order valence-corrected chi connectivity index (χ4v) is 5.72. The van der Waals surface area contributed by atoms with Gasteiger partial charge in [-0.1, -0.05) is 34.1 Å². The molecule has 4 aromatic rings. The lowest BCUT2D eigenvalue weighted by Crippen LogP contribution is -2.43. The van der Waals surface area contributed by atoms with Gasteiger partial charge in [-0.3, -0.25) is 18.7 Å². The van der Waals surface area contributed by atoms with Crippen LogP contribution in [0.2, 0.25) is 0 Å². The Morgan fingerprint density at radius 3 is 2.21 bits per heavy atom. The summed E-state index contributed by atoms with van der Waals surface area (Å²) in [5.41, 5.74) is 2.16. The van der Waals surface area contributed by atoms with E-state index in [1.54, 1.807) is 42.3 Å². The Morgan fingerprint density at radius 2 is 1.59 bits per heavy atom. The van der Waals surface area contributed by atoms with Crippen molar-refractivity contribution in [2.75, 3.05) is 20.8 Å². The molecule has 1 amide bonds. The van der Waals surface area contributed by atoms with Gasteiger partial charge in [0.2, 0.25) is 11.8 Å². The second-order valence-corrected chi connectivity index (χ2v) is 10.4. The number of aromatic nitrogens is 2. The van der Waals surface area contributed by atoms with E-state index >= 15 is 0 Å². The van der Waals surface area contributed by atoms with Crippen molar-refractivity contribution in [3.8, 4) is 28.8 Å². The first kappa shape index (κ1) is 26.7. The summed E-state index contributed by atoms with van der Waals surface area (Å²) in [7, 11) is 3.08. The van der Waals surface area contributed by atoms with Crippen LogP contribution in [0.15, 0.2) is 76.0 Å². The molecule has 1 aliphatic rings. The van der Waals surface area contributed by atoms with E-state index in [4.69, 9.17) is 21.7 Å². The fraction of sp³-hybridized carbons (Fsp3) is 0.207. The number of benzene rings is 3. The van der Waals surface area contributed by atoms with Gasteiger partial charge in [0.15, 0.2) is 16.3 Å². The van der Waals surface area contributed by atoms with Crippen molar-refractivity contribution < 1.29 is 19.4 Å². The van der Waals surface area contributed by atoms with Crippen LogP contribution in [-0.2, 0) is 11.2 Å². The lowest BCUT2D eigenvalue weighted by atomic mass is 9.88. The average Bonchev–Trinajstić information content (AvgIpc) is 2.93. The van der Waals surface area contributed by atoms with Gasteiger partial charge in [-0.2, -0.15) is 0 Å². The average molecular weight is 609 g/mol. The van der Waals surface area contributed by atoms with Crippen molar-refractivity contribution >= 4 is 34.1 Å².